The molecule has 0 saturated heterocycles. The van der Waals surface area contributed by atoms with Crippen LogP contribution in [0.1, 0.15) is 73.6 Å². The number of benzene rings is 3. The molecule has 1 heterocycles. The second-order valence-corrected chi connectivity index (χ2v) is 12.0. The lowest BCUT2D eigenvalue weighted by Gasteiger charge is -2.44. The maximum atomic E-state index is 13.8. The van der Waals surface area contributed by atoms with Gasteiger partial charge >= 0.3 is 0 Å². The van der Waals surface area contributed by atoms with Gasteiger partial charge in [0.2, 0.25) is 0 Å². The molecule has 0 fully saturated rings. The second kappa shape index (κ2) is 12.8. The Bertz CT molecular complexity index is 1540. The molecule has 3 aliphatic rings. The third-order valence-electron chi connectivity index (χ3n) is 8.72. The molecular formula is C37H38ClNO4. The zero-order valence-corrected chi connectivity index (χ0v) is 25.7. The predicted molar refractivity (Wildman–Crippen MR) is 169 cm³/mol. The van der Waals surface area contributed by atoms with Gasteiger partial charge in [-0.1, -0.05) is 71.8 Å². The lowest BCUT2D eigenvalue weighted by molar-refractivity contribution is -0.117. The molecule has 0 spiro atoms. The quantitative estimate of drug-likeness (QED) is 0.249. The molecule has 43 heavy (non-hydrogen) atoms. The van der Waals surface area contributed by atoms with Gasteiger partial charge < -0.3 is 14.4 Å². The number of ether oxygens (including phenoxy) is 2. The van der Waals surface area contributed by atoms with E-state index in [0.717, 1.165) is 72.3 Å². The third-order valence-corrected chi connectivity index (χ3v) is 9.00. The first-order valence-electron chi connectivity index (χ1n) is 15.4. The molecule has 0 radical (unpaired) electrons. The summed E-state index contributed by atoms with van der Waals surface area (Å²) in [6.45, 7) is 5.49. The number of rotatable bonds is 9. The monoisotopic (exact) mass is 595 g/mol. The number of aryl methyl sites for hydroxylation is 1. The van der Waals surface area contributed by atoms with Crippen molar-refractivity contribution in [2.75, 3.05) is 13.2 Å². The highest BCUT2D eigenvalue weighted by atomic mass is 35.5. The molecule has 0 aromatic heterocycles. The number of nitrogens with zero attached hydrogens (tertiary/aromatic N) is 1. The van der Waals surface area contributed by atoms with Crippen LogP contribution in [0.25, 0.3) is 0 Å². The van der Waals surface area contributed by atoms with Gasteiger partial charge in [-0.2, -0.15) is 0 Å². The average molecular weight is 596 g/mol. The number of Topliss-reactive ketones (excluding diaryl/α,β-unsaturated/α-hetero) is 2. The van der Waals surface area contributed by atoms with Gasteiger partial charge in [0.1, 0.15) is 6.61 Å². The Balaban J connectivity index is 1.41. The minimum absolute atomic E-state index is 0.120. The normalized spacial score (nSPS) is 17.2. The van der Waals surface area contributed by atoms with Crippen LogP contribution in [0.3, 0.4) is 0 Å². The summed E-state index contributed by atoms with van der Waals surface area (Å²) >= 11 is 6.93. The van der Waals surface area contributed by atoms with Crippen molar-refractivity contribution >= 4 is 23.2 Å². The van der Waals surface area contributed by atoms with Crippen LogP contribution in [0.15, 0.2) is 89.3 Å². The van der Waals surface area contributed by atoms with Crippen molar-refractivity contribution in [2.45, 2.75) is 71.3 Å². The molecule has 222 valence electrons. The summed E-state index contributed by atoms with van der Waals surface area (Å²) in [4.78, 5) is 29.8. The van der Waals surface area contributed by atoms with Crippen LogP contribution in [0, 0.1) is 6.92 Å². The lowest BCUT2D eigenvalue weighted by atomic mass is 9.71. The van der Waals surface area contributed by atoms with E-state index in [-0.39, 0.29) is 11.6 Å². The lowest BCUT2D eigenvalue weighted by Crippen LogP contribution is -2.40. The van der Waals surface area contributed by atoms with E-state index in [1.807, 2.05) is 37.3 Å². The second-order valence-electron chi connectivity index (χ2n) is 11.6. The number of carbonyl (C=O) groups excluding carboxylic acids is 2. The van der Waals surface area contributed by atoms with Gasteiger partial charge in [-0.05, 0) is 74.8 Å². The Morgan fingerprint density at radius 3 is 2.09 bits per heavy atom. The van der Waals surface area contributed by atoms with Crippen molar-refractivity contribution < 1.29 is 19.1 Å². The van der Waals surface area contributed by atoms with Crippen LogP contribution < -0.4 is 9.47 Å². The number of allylic oxidation sites excluding steroid dienone is 4. The molecule has 0 amide bonds. The van der Waals surface area contributed by atoms with Crippen molar-refractivity contribution in [2.24, 2.45) is 0 Å². The largest absolute Gasteiger partial charge is 0.490 e. The Hall–Kier alpha value is -3.83. The molecule has 6 rings (SSSR count). The average Bonchev–Trinajstić information content (AvgIpc) is 3.01. The van der Waals surface area contributed by atoms with Crippen molar-refractivity contribution in [3.8, 4) is 11.5 Å². The third kappa shape index (κ3) is 6.01. The van der Waals surface area contributed by atoms with Crippen molar-refractivity contribution in [1.29, 1.82) is 0 Å². The number of hydrogen-bond donors (Lipinski definition) is 0. The minimum atomic E-state index is -0.457. The molecule has 0 atom stereocenters. The SMILES string of the molecule is CCOc1cc(C2C3=C(CCCC3=O)N(CCc3ccccc3)C3=C2C(=O)CCC3)cc(Cl)c1OCc1ccc(C)cc1. The van der Waals surface area contributed by atoms with Crippen LogP contribution in [0.2, 0.25) is 5.02 Å². The van der Waals surface area contributed by atoms with Crippen LogP contribution in [0.5, 0.6) is 11.5 Å². The van der Waals surface area contributed by atoms with E-state index in [2.05, 4.69) is 48.2 Å². The number of hydrogen-bond acceptors (Lipinski definition) is 5. The van der Waals surface area contributed by atoms with Gasteiger partial charge in [-0.15, -0.1) is 0 Å². The van der Waals surface area contributed by atoms with Gasteiger partial charge in [-0.3, -0.25) is 9.59 Å². The Kier molecular flexibility index (Phi) is 8.71. The summed E-state index contributed by atoms with van der Waals surface area (Å²) in [5, 5.41) is 0.412. The molecule has 1 aliphatic heterocycles. The van der Waals surface area contributed by atoms with Crippen molar-refractivity contribution in [3.05, 3.63) is 117 Å². The molecule has 0 N–H and O–H groups in total. The Labute approximate surface area is 259 Å². The van der Waals surface area contributed by atoms with Gasteiger partial charge in [0.25, 0.3) is 0 Å². The molecule has 5 nitrogen and oxygen atoms in total. The fourth-order valence-corrected chi connectivity index (χ4v) is 6.98. The first-order valence-corrected chi connectivity index (χ1v) is 15.8. The highest BCUT2D eigenvalue weighted by molar-refractivity contribution is 6.32. The summed E-state index contributed by atoms with van der Waals surface area (Å²) in [7, 11) is 0. The summed E-state index contributed by atoms with van der Waals surface area (Å²) in [6, 6.07) is 22.4. The molecule has 0 unspecified atom stereocenters. The molecular weight excluding hydrogens is 558 g/mol. The van der Waals surface area contributed by atoms with Gasteiger partial charge in [0.15, 0.2) is 23.1 Å². The first-order chi connectivity index (χ1) is 20.9. The zero-order valence-electron chi connectivity index (χ0n) is 25.0. The number of ketones is 2. The van der Waals surface area contributed by atoms with Crippen LogP contribution in [-0.4, -0.2) is 29.6 Å². The first kappa shape index (κ1) is 29.3. The number of halogens is 1. The highest BCUT2D eigenvalue weighted by Crippen LogP contribution is 2.51. The Morgan fingerprint density at radius 1 is 0.814 bits per heavy atom. The molecule has 6 heteroatoms. The van der Waals surface area contributed by atoms with E-state index in [9.17, 15) is 9.59 Å². The van der Waals surface area contributed by atoms with Crippen LogP contribution >= 0.6 is 11.6 Å². The fourth-order valence-electron chi connectivity index (χ4n) is 6.70. The van der Waals surface area contributed by atoms with E-state index in [1.165, 1.54) is 11.1 Å². The van der Waals surface area contributed by atoms with Crippen LogP contribution in [0.4, 0.5) is 0 Å². The number of carbonyl (C=O) groups is 2. The predicted octanol–water partition coefficient (Wildman–Crippen LogP) is 8.28. The van der Waals surface area contributed by atoms with Gasteiger partial charge in [-0.25, -0.2) is 0 Å². The summed E-state index contributed by atoms with van der Waals surface area (Å²) in [5.74, 6) is 0.784. The van der Waals surface area contributed by atoms with E-state index >= 15 is 0 Å². The van der Waals surface area contributed by atoms with Crippen molar-refractivity contribution in [1.82, 2.24) is 4.90 Å². The maximum Gasteiger partial charge on any atom is 0.180 e. The maximum absolute atomic E-state index is 13.8. The smallest absolute Gasteiger partial charge is 0.180 e. The topological polar surface area (TPSA) is 55.8 Å². The molecule has 2 aliphatic carbocycles. The Morgan fingerprint density at radius 2 is 1.47 bits per heavy atom. The summed E-state index contributed by atoms with van der Waals surface area (Å²) in [5.41, 5.74) is 7.90. The van der Waals surface area contributed by atoms with E-state index in [1.54, 1.807) is 0 Å². The van der Waals surface area contributed by atoms with E-state index in [4.69, 9.17) is 21.1 Å². The molecule has 0 saturated carbocycles. The minimum Gasteiger partial charge on any atom is -0.490 e. The summed E-state index contributed by atoms with van der Waals surface area (Å²) in [6.07, 6.45) is 5.10. The zero-order chi connectivity index (χ0) is 29.9. The van der Waals surface area contributed by atoms with Crippen LogP contribution in [-0.2, 0) is 22.6 Å². The van der Waals surface area contributed by atoms with Gasteiger partial charge in [0.05, 0.1) is 11.6 Å². The summed E-state index contributed by atoms with van der Waals surface area (Å²) < 4.78 is 12.3. The molecule has 3 aromatic rings. The fraction of sp³-hybridized carbons (Fsp3) is 0.351. The standard InChI is InChI=1S/C37H38ClNO4/c1-3-42-33-22-27(21-28(38)37(33)43-23-26-17-15-24(2)16-18-26)34-35-29(11-7-13-31(35)40)39(20-19-25-9-5-4-6-10-25)30-12-8-14-32(41)36(30)34/h4-6,9-10,15-18,21-22,34H,3,7-8,11-14,19-20,23H2,1-2H3. The van der Waals surface area contributed by atoms with E-state index in [0.29, 0.717) is 42.6 Å². The van der Waals surface area contributed by atoms with Gasteiger partial charge in [0, 0.05) is 47.8 Å². The van der Waals surface area contributed by atoms with Crippen molar-refractivity contribution in [3.63, 3.8) is 0 Å². The van der Waals surface area contributed by atoms with E-state index < -0.39 is 5.92 Å². The molecule has 0 bridgehead atoms. The highest BCUT2D eigenvalue weighted by Gasteiger charge is 2.43. The molecule has 3 aromatic carbocycles.